The maximum Gasteiger partial charge on any atom is 0.410 e. The smallest absolute Gasteiger partial charge is 0.410 e. The number of aliphatic imine (C=N–C) groups is 1. The van der Waals surface area contributed by atoms with Crippen molar-refractivity contribution in [2.45, 2.75) is 32.9 Å². The van der Waals surface area contributed by atoms with Gasteiger partial charge in [-0.1, -0.05) is 24.3 Å². The molecule has 7 nitrogen and oxygen atoms in total. The second-order valence-corrected chi connectivity index (χ2v) is 6.35. The fourth-order valence-corrected chi connectivity index (χ4v) is 1.91. The van der Waals surface area contributed by atoms with Crippen LogP contribution in [0.2, 0.25) is 0 Å². The molecule has 0 spiro atoms. The monoisotopic (exact) mass is 345 g/mol. The number of amides is 2. The van der Waals surface area contributed by atoms with E-state index in [9.17, 15) is 14.4 Å². The quantitative estimate of drug-likeness (QED) is 0.465. The van der Waals surface area contributed by atoms with E-state index in [1.54, 1.807) is 26.8 Å². The van der Waals surface area contributed by atoms with Gasteiger partial charge in [0, 0.05) is 19.2 Å². The average molecular weight is 345 g/mol. The summed E-state index contributed by atoms with van der Waals surface area (Å²) in [6.45, 7) is 6.06. The SMILES string of the molecule is CC(C)(C)OC(=O)N(CCN=C=O)Cc1ccc(C=CC(N)=O)cc1. The molecule has 1 rings (SSSR count). The van der Waals surface area contributed by atoms with Gasteiger partial charge in [-0.15, -0.1) is 0 Å². The molecule has 1 aromatic carbocycles. The lowest BCUT2D eigenvalue weighted by molar-refractivity contribution is -0.113. The van der Waals surface area contributed by atoms with Crippen molar-refractivity contribution in [1.82, 2.24) is 4.90 Å². The summed E-state index contributed by atoms with van der Waals surface area (Å²) in [5.74, 6) is -0.518. The number of hydrogen-bond donors (Lipinski definition) is 1. The van der Waals surface area contributed by atoms with Crippen molar-refractivity contribution in [3.05, 3.63) is 41.5 Å². The zero-order chi connectivity index (χ0) is 18.9. The molecular formula is C18H23N3O4. The van der Waals surface area contributed by atoms with Gasteiger partial charge in [-0.3, -0.25) is 4.79 Å². The van der Waals surface area contributed by atoms with E-state index in [4.69, 9.17) is 10.5 Å². The third kappa shape index (κ3) is 8.48. The average Bonchev–Trinajstić information content (AvgIpc) is 2.51. The van der Waals surface area contributed by atoms with E-state index in [-0.39, 0.29) is 13.1 Å². The first-order chi connectivity index (χ1) is 11.7. The van der Waals surface area contributed by atoms with Gasteiger partial charge in [-0.2, -0.15) is 0 Å². The van der Waals surface area contributed by atoms with Gasteiger partial charge in [0.25, 0.3) is 0 Å². The molecule has 25 heavy (non-hydrogen) atoms. The van der Waals surface area contributed by atoms with Gasteiger partial charge >= 0.3 is 6.09 Å². The molecule has 2 amide bonds. The number of nitrogens with two attached hydrogens (primary N) is 1. The second-order valence-electron chi connectivity index (χ2n) is 6.35. The number of primary amides is 1. The number of benzene rings is 1. The molecule has 0 saturated heterocycles. The van der Waals surface area contributed by atoms with Gasteiger partial charge in [0.1, 0.15) is 5.60 Å². The summed E-state index contributed by atoms with van der Waals surface area (Å²) in [6.07, 6.45) is 3.86. The molecule has 134 valence electrons. The van der Waals surface area contributed by atoms with Gasteiger partial charge in [0.2, 0.25) is 12.0 Å². The van der Waals surface area contributed by atoms with Crippen molar-refractivity contribution >= 4 is 24.2 Å². The van der Waals surface area contributed by atoms with Crippen LogP contribution in [0.5, 0.6) is 0 Å². The summed E-state index contributed by atoms with van der Waals surface area (Å²) >= 11 is 0. The lowest BCUT2D eigenvalue weighted by atomic mass is 10.1. The Morgan fingerprint density at radius 2 is 1.92 bits per heavy atom. The predicted octanol–water partition coefficient (Wildman–Crippen LogP) is 2.26. The molecule has 0 fully saturated rings. The number of hydrogen-bond acceptors (Lipinski definition) is 5. The van der Waals surface area contributed by atoms with Crippen molar-refractivity contribution in [3.63, 3.8) is 0 Å². The van der Waals surface area contributed by atoms with Gasteiger partial charge < -0.3 is 15.4 Å². The summed E-state index contributed by atoms with van der Waals surface area (Å²) in [6, 6.07) is 7.29. The summed E-state index contributed by atoms with van der Waals surface area (Å²) in [5, 5.41) is 0. The zero-order valence-electron chi connectivity index (χ0n) is 14.7. The highest BCUT2D eigenvalue weighted by molar-refractivity contribution is 5.90. The highest BCUT2D eigenvalue weighted by atomic mass is 16.6. The van der Waals surface area contributed by atoms with Crippen LogP contribution in [0.3, 0.4) is 0 Å². The molecule has 7 heteroatoms. The molecule has 2 N–H and O–H groups in total. The van der Waals surface area contributed by atoms with Gasteiger partial charge in [-0.25, -0.2) is 14.6 Å². The number of rotatable bonds is 7. The van der Waals surface area contributed by atoms with E-state index < -0.39 is 17.6 Å². The van der Waals surface area contributed by atoms with Gasteiger partial charge in [-0.05, 0) is 38.0 Å². The standard InChI is InChI=1S/C18H23N3O4/c1-18(2,3)25-17(24)21(11-10-20-13-22)12-15-6-4-14(5-7-15)8-9-16(19)23/h4-9H,10-12H2,1-3H3,(H2,19,23). The molecule has 0 aliphatic carbocycles. The van der Waals surface area contributed by atoms with Crippen LogP contribution in [0.15, 0.2) is 35.3 Å². The number of isocyanates is 1. The molecule has 0 atom stereocenters. The normalized spacial score (nSPS) is 11.0. The van der Waals surface area contributed by atoms with Crippen molar-refractivity contribution in [3.8, 4) is 0 Å². The topological polar surface area (TPSA) is 102 Å². The van der Waals surface area contributed by atoms with E-state index in [0.29, 0.717) is 6.54 Å². The van der Waals surface area contributed by atoms with Crippen LogP contribution in [0.4, 0.5) is 4.79 Å². The van der Waals surface area contributed by atoms with Crippen LogP contribution in [-0.2, 0) is 20.9 Å². The van der Waals surface area contributed by atoms with Crippen LogP contribution < -0.4 is 5.73 Å². The minimum atomic E-state index is -0.618. The van der Waals surface area contributed by atoms with E-state index >= 15 is 0 Å². The first-order valence-electron chi connectivity index (χ1n) is 7.79. The molecular weight excluding hydrogens is 322 g/mol. The lowest BCUT2D eigenvalue weighted by Gasteiger charge is -2.27. The summed E-state index contributed by atoms with van der Waals surface area (Å²) in [4.78, 5) is 38.2. The van der Waals surface area contributed by atoms with Gasteiger partial charge in [0.15, 0.2) is 0 Å². The number of carbonyl (C=O) groups excluding carboxylic acids is 3. The van der Waals surface area contributed by atoms with Crippen LogP contribution in [0, 0.1) is 0 Å². The minimum Gasteiger partial charge on any atom is -0.444 e. The Kier molecular flexibility index (Phi) is 7.56. The van der Waals surface area contributed by atoms with E-state index in [2.05, 4.69) is 4.99 Å². The largest absolute Gasteiger partial charge is 0.444 e. The zero-order valence-corrected chi connectivity index (χ0v) is 14.7. The van der Waals surface area contributed by atoms with Crippen LogP contribution in [0.25, 0.3) is 6.08 Å². The molecule has 0 aromatic heterocycles. The molecule has 0 unspecified atom stereocenters. The third-order valence-corrected chi connectivity index (χ3v) is 2.99. The maximum absolute atomic E-state index is 12.3. The van der Waals surface area contributed by atoms with Crippen LogP contribution in [-0.4, -0.2) is 41.7 Å². The Morgan fingerprint density at radius 1 is 1.28 bits per heavy atom. The summed E-state index contributed by atoms with van der Waals surface area (Å²) in [5.41, 5.74) is 6.13. The van der Waals surface area contributed by atoms with Gasteiger partial charge in [0.05, 0.1) is 6.54 Å². The molecule has 0 saturated carbocycles. The molecule has 0 bridgehead atoms. The Balaban J connectivity index is 2.83. The highest BCUT2D eigenvalue weighted by Gasteiger charge is 2.22. The Morgan fingerprint density at radius 3 is 2.44 bits per heavy atom. The Hall–Kier alpha value is -2.92. The molecule has 0 radical (unpaired) electrons. The fraction of sp³-hybridized carbons (Fsp3) is 0.389. The number of ether oxygens (including phenoxy) is 1. The lowest BCUT2D eigenvalue weighted by Crippen LogP contribution is -2.37. The predicted molar refractivity (Wildman–Crippen MR) is 94.3 cm³/mol. The molecule has 1 aromatic rings. The van der Waals surface area contributed by atoms with Crippen molar-refractivity contribution in [1.29, 1.82) is 0 Å². The molecule has 0 aliphatic heterocycles. The second kappa shape index (κ2) is 9.39. The fourth-order valence-electron chi connectivity index (χ4n) is 1.91. The summed E-state index contributed by atoms with van der Waals surface area (Å²) in [7, 11) is 0. The first kappa shape index (κ1) is 20.1. The minimum absolute atomic E-state index is 0.155. The molecule has 0 heterocycles. The number of carbonyl (C=O) groups is 2. The van der Waals surface area contributed by atoms with E-state index in [1.807, 2.05) is 24.3 Å². The highest BCUT2D eigenvalue weighted by Crippen LogP contribution is 2.14. The third-order valence-electron chi connectivity index (χ3n) is 2.99. The van der Waals surface area contributed by atoms with Crippen molar-refractivity contribution in [2.75, 3.05) is 13.1 Å². The molecule has 0 aliphatic rings. The maximum atomic E-state index is 12.3. The van der Waals surface area contributed by atoms with E-state index in [0.717, 1.165) is 11.1 Å². The van der Waals surface area contributed by atoms with Crippen molar-refractivity contribution in [2.24, 2.45) is 10.7 Å². The number of nitrogens with zero attached hydrogens (tertiary/aromatic N) is 2. The Labute approximate surface area is 147 Å². The van der Waals surface area contributed by atoms with Crippen LogP contribution >= 0.6 is 0 Å². The first-order valence-corrected chi connectivity index (χ1v) is 7.79. The van der Waals surface area contributed by atoms with E-state index in [1.165, 1.54) is 17.1 Å². The van der Waals surface area contributed by atoms with Crippen LogP contribution in [0.1, 0.15) is 31.9 Å². The Bertz CT molecular complexity index is 669. The van der Waals surface area contributed by atoms with Crippen molar-refractivity contribution < 1.29 is 19.1 Å². The summed E-state index contributed by atoms with van der Waals surface area (Å²) < 4.78 is 5.38.